The molecule has 2 aromatic carbocycles. The van der Waals surface area contributed by atoms with Gasteiger partial charge in [-0.05, 0) is 55.2 Å². The summed E-state index contributed by atoms with van der Waals surface area (Å²) in [7, 11) is 0. The normalized spacial score (nSPS) is 14.7. The highest BCUT2D eigenvalue weighted by Crippen LogP contribution is 2.29. The van der Waals surface area contributed by atoms with Crippen LogP contribution < -0.4 is 10.1 Å². The Bertz CT molecular complexity index is 762. The molecule has 27 heavy (non-hydrogen) atoms. The highest BCUT2D eigenvalue weighted by Gasteiger charge is 2.33. The maximum atomic E-state index is 13.1. The molecule has 1 fully saturated rings. The molecule has 3 rings (SSSR count). The zero-order valence-electron chi connectivity index (χ0n) is 14.9. The van der Waals surface area contributed by atoms with Crippen LogP contribution in [0.15, 0.2) is 48.5 Å². The van der Waals surface area contributed by atoms with E-state index in [0.717, 1.165) is 24.0 Å². The van der Waals surface area contributed by atoms with Crippen molar-refractivity contribution in [1.82, 2.24) is 10.2 Å². The summed E-state index contributed by atoms with van der Waals surface area (Å²) in [5, 5.41) is 2.93. The van der Waals surface area contributed by atoms with Crippen molar-refractivity contribution in [2.24, 2.45) is 0 Å². The van der Waals surface area contributed by atoms with Crippen molar-refractivity contribution in [1.29, 1.82) is 0 Å². The maximum absolute atomic E-state index is 13.1. The number of carbonyl (C=O) groups is 1. The van der Waals surface area contributed by atoms with Crippen LogP contribution in [-0.2, 0) is 6.54 Å². The predicted octanol–water partition coefficient (Wildman–Crippen LogP) is 4.86. The van der Waals surface area contributed by atoms with Gasteiger partial charge in [0, 0.05) is 12.6 Å². The lowest BCUT2D eigenvalue weighted by molar-refractivity contribution is -0.0498. The van der Waals surface area contributed by atoms with Crippen LogP contribution in [0.2, 0.25) is 0 Å². The molecule has 2 amide bonds. The van der Waals surface area contributed by atoms with Gasteiger partial charge >= 0.3 is 12.6 Å². The number of rotatable bonds is 7. The fourth-order valence-corrected chi connectivity index (χ4v) is 2.83. The number of hydrogen-bond donors (Lipinski definition) is 1. The summed E-state index contributed by atoms with van der Waals surface area (Å²) in [5.41, 5.74) is 1.64. The molecule has 1 aliphatic rings. The first-order valence-corrected chi connectivity index (χ1v) is 8.78. The standard InChI is InChI=1S/C20H21F3N2O2/c1-13(15-4-10-18(11-5-15)27-19(22)23)24-20(26)25(17-8-9-17)12-14-2-6-16(21)7-3-14/h2-7,10-11,13,17,19H,8-9,12H2,1H3,(H,24,26). The summed E-state index contributed by atoms with van der Waals surface area (Å²) in [6.07, 6.45) is 1.89. The minimum Gasteiger partial charge on any atom is -0.435 e. The Morgan fingerprint density at radius 2 is 1.78 bits per heavy atom. The molecule has 1 saturated carbocycles. The number of benzene rings is 2. The number of amides is 2. The monoisotopic (exact) mass is 378 g/mol. The minimum absolute atomic E-state index is 0.0724. The first-order valence-electron chi connectivity index (χ1n) is 8.78. The van der Waals surface area contributed by atoms with E-state index in [-0.39, 0.29) is 29.7 Å². The molecule has 0 bridgehead atoms. The van der Waals surface area contributed by atoms with E-state index in [1.54, 1.807) is 29.2 Å². The van der Waals surface area contributed by atoms with Gasteiger partial charge in [0.1, 0.15) is 11.6 Å². The Labute approximate surface area is 155 Å². The molecule has 1 N–H and O–H groups in total. The Balaban J connectivity index is 1.62. The molecule has 0 saturated heterocycles. The molecule has 7 heteroatoms. The van der Waals surface area contributed by atoms with Crippen molar-refractivity contribution in [2.75, 3.05) is 0 Å². The number of ether oxygens (including phenoxy) is 1. The highest BCUT2D eigenvalue weighted by atomic mass is 19.3. The van der Waals surface area contributed by atoms with Gasteiger partial charge in [0.05, 0.1) is 6.04 Å². The molecule has 144 valence electrons. The summed E-state index contributed by atoms with van der Waals surface area (Å²) < 4.78 is 41.8. The summed E-state index contributed by atoms with van der Waals surface area (Å²) in [6, 6.07) is 12.0. The van der Waals surface area contributed by atoms with Crippen molar-refractivity contribution in [3.63, 3.8) is 0 Å². The number of carbonyl (C=O) groups excluding carboxylic acids is 1. The highest BCUT2D eigenvalue weighted by molar-refractivity contribution is 5.75. The van der Waals surface area contributed by atoms with Crippen LogP contribution in [0.5, 0.6) is 5.75 Å². The number of nitrogens with one attached hydrogen (secondary N) is 1. The first kappa shape index (κ1) is 19.1. The van der Waals surface area contributed by atoms with Gasteiger partial charge < -0.3 is 15.0 Å². The fourth-order valence-electron chi connectivity index (χ4n) is 2.83. The topological polar surface area (TPSA) is 41.6 Å². The van der Waals surface area contributed by atoms with Crippen LogP contribution in [-0.4, -0.2) is 23.6 Å². The van der Waals surface area contributed by atoms with Crippen LogP contribution in [0.25, 0.3) is 0 Å². The number of urea groups is 1. The molecule has 0 heterocycles. The average Bonchev–Trinajstić information content (AvgIpc) is 3.46. The van der Waals surface area contributed by atoms with Gasteiger partial charge in [0.15, 0.2) is 0 Å². The minimum atomic E-state index is -2.87. The molecular formula is C20H21F3N2O2. The Kier molecular flexibility index (Phi) is 5.88. The van der Waals surface area contributed by atoms with Crippen LogP contribution >= 0.6 is 0 Å². The Morgan fingerprint density at radius 3 is 2.33 bits per heavy atom. The average molecular weight is 378 g/mol. The van der Waals surface area contributed by atoms with Gasteiger partial charge in [-0.1, -0.05) is 24.3 Å². The van der Waals surface area contributed by atoms with E-state index in [2.05, 4.69) is 10.1 Å². The van der Waals surface area contributed by atoms with E-state index < -0.39 is 6.61 Å². The second-order valence-corrected chi connectivity index (χ2v) is 6.60. The van der Waals surface area contributed by atoms with Gasteiger partial charge in [0.2, 0.25) is 0 Å². The maximum Gasteiger partial charge on any atom is 0.387 e. The fraction of sp³-hybridized carbons (Fsp3) is 0.350. The van der Waals surface area contributed by atoms with Crippen LogP contribution in [0, 0.1) is 5.82 Å². The summed E-state index contributed by atoms with van der Waals surface area (Å²) in [5.74, 6) is -0.239. The third kappa shape index (κ3) is 5.39. The van der Waals surface area contributed by atoms with E-state index in [1.807, 2.05) is 6.92 Å². The second-order valence-electron chi connectivity index (χ2n) is 6.60. The third-order valence-corrected chi connectivity index (χ3v) is 4.46. The summed E-state index contributed by atoms with van der Waals surface area (Å²) in [4.78, 5) is 14.5. The van der Waals surface area contributed by atoms with Gasteiger partial charge in [-0.25, -0.2) is 9.18 Å². The molecule has 1 aliphatic carbocycles. The van der Waals surface area contributed by atoms with Gasteiger partial charge in [-0.2, -0.15) is 8.78 Å². The van der Waals surface area contributed by atoms with Crippen LogP contribution in [0.3, 0.4) is 0 Å². The number of nitrogens with zero attached hydrogens (tertiary/aromatic N) is 1. The zero-order chi connectivity index (χ0) is 19.4. The van der Waals surface area contributed by atoms with Crippen molar-refractivity contribution in [3.8, 4) is 5.75 Å². The first-order chi connectivity index (χ1) is 12.9. The van der Waals surface area contributed by atoms with Gasteiger partial charge in [-0.3, -0.25) is 0 Å². The molecule has 4 nitrogen and oxygen atoms in total. The molecule has 0 spiro atoms. The van der Waals surface area contributed by atoms with E-state index >= 15 is 0 Å². The van der Waals surface area contributed by atoms with Crippen molar-refractivity contribution < 1.29 is 22.7 Å². The smallest absolute Gasteiger partial charge is 0.387 e. The Morgan fingerprint density at radius 1 is 1.15 bits per heavy atom. The number of halogens is 3. The van der Waals surface area contributed by atoms with Gasteiger partial charge in [0.25, 0.3) is 0 Å². The van der Waals surface area contributed by atoms with E-state index in [4.69, 9.17) is 0 Å². The molecule has 0 aromatic heterocycles. The lowest BCUT2D eigenvalue weighted by atomic mass is 10.1. The molecule has 0 aliphatic heterocycles. The molecular weight excluding hydrogens is 357 g/mol. The second kappa shape index (κ2) is 8.33. The summed E-state index contributed by atoms with van der Waals surface area (Å²) >= 11 is 0. The lowest BCUT2D eigenvalue weighted by Gasteiger charge is -2.25. The van der Waals surface area contributed by atoms with Crippen molar-refractivity contribution >= 4 is 6.03 Å². The van der Waals surface area contributed by atoms with Gasteiger partial charge in [-0.15, -0.1) is 0 Å². The predicted molar refractivity (Wildman–Crippen MR) is 95.0 cm³/mol. The number of alkyl halides is 2. The SMILES string of the molecule is CC(NC(=O)N(Cc1ccc(F)cc1)C1CC1)c1ccc(OC(F)F)cc1. The molecule has 1 unspecified atom stereocenters. The molecule has 0 radical (unpaired) electrons. The van der Waals surface area contributed by atoms with Crippen molar-refractivity contribution in [2.45, 2.75) is 45.0 Å². The zero-order valence-corrected chi connectivity index (χ0v) is 14.9. The molecule has 1 atom stereocenters. The van der Waals surface area contributed by atoms with Crippen molar-refractivity contribution in [3.05, 3.63) is 65.5 Å². The Hall–Kier alpha value is -2.70. The lowest BCUT2D eigenvalue weighted by Crippen LogP contribution is -2.41. The van der Waals surface area contributed by atoms with Crippen LogP contribution in [0.1, 0.15) is 36.9 Å². The quantitative estimate of drug-likeness (QED) is 0.747. The van der Waals surface area contributed by atoms with Crippen LogP contribution in [0.4, 0.5) is 18.0 Å². The van der Waals surface area contributed by atoms with E-state index in [9.17, 15) is 18.0 Å². The number of hydrogen-bond acceptors (Lipinski definition) is 2. The largest absolute Gasteiger partial charge is 0.435 e. The summed E-state index contributed by atoms with van der Waals surface area (Å²) in [6.45, 7) is -0.638. The third-order valence-electron chi connectivity index (χ3n) is 4.46. The van der Waals surface area contributed by atoms with E-state index in [1.165, 1.54) is 24.3 Å². The van der Waals surface area contributed by atoms with E-state index in [0.29, 0.717) is 6.54 Å². The molecule has 2 aromatic rings.